The minimum Gasteiger partial charge on any atom is -0.396 e. The number of amides is 2. The largest absolute Gasteiger partial charge is 0.396 e. The Morgan fingerprint density at radius 2 is 2.05 bits per heavy atom. The summed E-state index contributed by atoms with van der Waals surface area (Å²) < 4.78 is 0. The molecular formula is C16H30N2O3. The third-order valence-electron chi connectivity index (χ3n) is 4.19. The van der Waals surface area contributed by atoms with E-state index in [0.717, 1.165) is 32.1 Å². The molecule has 1 rings (SSSR count). The Morgan fingerprint density at radius 3 is 2.67 bits per heavy atom. The summed E-state index contributed by atoms with van der Waals surface area (Å²) in [5.41, 5.74) is -0.0974. The maximum atomic E-state index is 12.3. The number of carbonyl (C=O) groups excluding carboxylic acids is 2. The second-order valence-corrected chi connectivity index (χ2v) is 6.67. The van der Waals surface area contributed by atoms with E-state index in [-0.39, 0.29) is 29.9 Å². The van der Waals surface area contributed by atoms with E-state index in [1.165, 1.54) is 0 Å². The molecule has 1 heterocycles. The van der Waals surface area contributed by atoms with Gasteiger partial charge in [0.25, 0.3) is 0 Å². The maximum absolute atomic E-state index is 12.3. The molecule has 0 aromatic carbocycles. The number of nitrogens with zero attached hydrogens (tertiary/aromatic N) is 1. The number of likely N-dealkylation sites (tertiary alicyclic amines) is 1. The molecule has 0 bridgehead atoms. The summed E-state index contributed by atoms with van der Waals surface area (Å²) in [5, 5.41) is 12.1. The minimum atomic E-state index is -0.294. The Morgan fingerprint density at radius 1 is 1.33 bits per heavy atom. The molecule has 0 aromatic heterocycles. The van der Waals surface area contributed by atoms with Gasteiger partial charge in [-0.1, -0.05) is 20.8 Å². The molecule has 1 fully saturated rings. The summed E-state index contributed by atoms with van der Waals surface area (Å²) in [4.78, 5) is 25.9. The van der Waals surface area contributed by atoms with Gasteiger partial charge in [0.1, 0.15) is 6.04 Å². The van der Waals surface area contributed by atoms with Gasteiger partial charge in [-0.3, -0.25) is 9.59 Å². The minimum absolute atomic E-state index is 0.0293. The van der Waals surface area contributed by atoms with Gasteiger partial charge in [-0.25, -0.2) is 0 Å². The van der Waals surface area contributed by atoms with E-state index in [1.807, 2.05) is 20.8 Å². The normalized spacial score (nSPS) is 19.4. The van der Waals surface area contributed by atoms with Gasteiger partial charge >= 0.3 is 0 Å². The highest BCUT2D eigenvalue weighted by Gasteiger charge is 2.30. The van der Waals surface area contributed by atoms with E-state index in [9.17, 15) is 14.7 Å². The van der Waals surface area contributed by atoms with Crippen molar-refractivity contribution in [1.29, 1.82) is 0 Å². The number of hydrogen-bond acceptors (Lipinski definition) is 3. The van der Waals surface area contributed by atoms with Crippen molar-refractivity contribution < 1.29 is 14.7 Å². The summed E-state index contributed by atoms with van der Waals surface area (Å²) in [6.07, 6.45) is 4.91. The Labute approximate surface area is 128 Å². The highest BCUT2D eigenvalue weighted by molar-refractivity contribution is 5.87. The Balaban J connectivity index is 2.40. The Bertz CT molecular complexity index is 355. The zero-order chi connectivity index (χ0) is 15.9. The number of aliphatic hydroxyl groups excluding tert-OH is 1. The molecule has 1 saturated heterocycles. The summed E-state index contributed by atoms with van der Waals surface area (Å²) in [6, 6.07) is -0.294. The van der Waals surface area contributed by atoms with Gasteiger partial charge in [0, 0.05) is 26.1 Å². The molecular weight excluding hydrogens is 268 g/mol. The summed E-state index contributed by atoms with van der Waals surface area (Å²) in [7, 11) is 0. The van der Waals surface area contributed by atoms with Crippen molar-refractivity contribution in [2.24, 2.45) is 5.41 Å². The van der Waals surface area contributed by atoms with Gasteiger partial charge in [-0.2, -0.15) is 0 Å². The number of carbonyl (C=O) groups is 2. The van der Waals surface area contributed by atoms with Crippen molar-refractivity contribution in [3.8, 4) is 0 Å². The van der Waals surface area contributed by atoms with E-state index < -0.39 is 0 Å². The van der Waals surface area contributed by atoms with E-state index in [2.05, 4.69) is 5.32 Å². The monoisotopic (exact) mass is 298 g/mol. The van der Waals surface area contributed by atoms with Crippen LogP contribution in [0, 0.1) is 5.41 Å². The fourth-order valence-electron chi connectivity index (χ4n) is 2.68. The number of rotatable bonds is 7. The van der Waals surface area contributed by atoms with Crippen LogP contribution < -0.4 is 5.32 Å². The average molecular weight is 298 g/mol. The van der Waals surface area contributed by atoms with E-state index in [0.29, 0.717) is 19.5 Å². The fourth-order valence-corrected chi connectivity index (χ4v) is 2.68. The van der Waals surface area contributed by atoms with Gasteiger partial charge in [0.15, 0.2) is 0 Å². The molecule has 1 aliphatic rings. The zero-order valence-electron chi connectivity index (χ0n) is 13.7. The van der Waals surface area contributed by atoms with E-state index in [4.69, 9.17) is 0 Å². The van der Waals surface area contributed by atoms with Crippen molar-refractivity contribution in [3.63, 3.8) is 0 Å². The molecule has 0 aromatic rings. The SMILES string of the molecule is CCC(=O)N1CCCCC1C(=O)NCCCC(C)(C)CO. The van der Waals surface area contributed by atoms with Crippen LogP contribution in [0.3, 0.4) is 0 Å². The van der Waals surface area contributed by atoms with Crippen LogP contribution in [0.25, 0.3) is 0 Å². The van der Waals surface area contributed by atoms with Gasteiger partial charge < -0.3 is 15.3 Å². The number of piperidine rings is 1. The topological polar surface area (TPSA) is 69.6 Å². The molecule has 1 atom stereocenters. The van der Waals surface area contributed by atoms with Gasteiger partial charge in [0.2, 0.25) is 11.8 Å². The molecule has 0 radical (unpaired) electrons. The van der Waals surface area contributed by atoms with Crippen LogP contribution in [0.1, 0.15) is 59.3 Å². The van der Waals surface area contributed by atoms with Crippen LogP contribution in [0.15, 0.2) is 0 Å². The summed E-state index contributed by atoms with van der Waals surface area (Å²) >= 11 is 0. The maximum Gasteiger partial charge on any atom is 0.242 e. The lowest BCUT2D eigenvalue weighted by Gasteiger charge is -2.34. The summed E-state index contributed by atoms with van der Waals surface area (Å²) in [6.45, 7) is 7.32. The standard InChI is InChI=1S/C16H30N2O3/c1-4-14(20)18-11-6-5-8-13(18)15(21)17-10-7-9-16(2,3)12-19/h13,19H,4-12H2,1-3H3,(H,17,21). The predicted octanol–water partition coefficient (Wildman–Crippen LogP) is 1.69. The average Bonchev–Trinajstić information content (AvgIpc) is 2.50. The van der Waals surface area contributed by atoms with Crippen molar-refractivity contribution in [2.45, 2.75) is 65.3 Å². The molecule has 5 nitrogen and oxygen atoms in total. The molecule has 21 heavy (non-hydrogen) atoms. The van der Waals surface area contributed by atoms with E-state index >= 15 is 0 Å². The Hall–Kier alpha value is -1.10. The molecule has 1 unspecified atom stereocenters. The van der Waals surface area contributed by atoms with Crippen molar-refractivity contribution in [1.82, 2.24) is 10.2 Å². The third-order valence-corrected chi connectivity index (χ3v) is 4.19. The van der Waals surface area contributed by atoms with Crippen LogP contribution in [0.2, 0.25) is 0 Å². The molecule has 1 aliphatic heterocycles. The van der Waals surface area contributed by atoms with Crippen LogP contribution in [0.4, 0.5) is 0 Å². The van der Waals surface area contributed by atoms with E-state index in [1.54, 1.807) is 4.90 Å². The smallest absolute Gasteiger partial charge is 0.242 e. The quantitative estimate of drug-likeness (QED) is 0.703. The fraction of sp³-hybridized carbons (Fsp3) is 0.875. The number of aliphatic hydroxyl groups is 1. The van der Waals surface area contributed by atoms with Crippen molar-refractivity contribution in [2.75, 3.05) is 19.7 Å². The lowest BCUT2D eigenvalue weighted by atomic mass is 9.89. The number of hydrogen-bond donors (Lipinski definition) is 2. The van der Waals surface area contributed by atoms with Crippen LogP contribution in [-0.4, -0.2) is 47.6 Å². The highest BCUT2D eigenvalue weighted by Crippen LogP contribution is 2.21. The highest BCUT2D eigenvalue weighted by atomic mass is 16.3. The van der Waals surface area contributed by atoms with Gasteiger partial charge in [-0.15, -0.1) is 0 Å². The van der Waals surface area contributed by atoms with Crippen molar-refractivity contribution >= 4 is 11.8 Å². The number of nitrogens with one attached hydrogen (secondary N) is 1. The van der Waals surface area contributed by atoms with Crippen LogP contribution >= 0.6 is 0 Å². The first-order valence-corrected chi connectivity index (χ1v) is 8.09. The molecule has 122 valence electrons. The zero-order valence-corrected chi connectivity index (χ0v) is 13.7. The second-order valence-electron chi connectivity index (χ2n) is 6.67. The first-order chi connectivity index (χ1) is 9.91. The van der Waals surface area contributed by atoms with Gasteiger partial charge in [-0.05, 0) is 37.5 Å². The molecule has 2 amide bonds. The lowest BCUT2D eigenvalue weighted by Crippen LogP contribution is -2.51. The van der Waals surface area contributed by atoms with Crippen LogP contribution in [-0.2, 0) is 9.59 Å². The van der Waals surface area contributed by atoms with Gasteiger partial charge in [0.05, 0.1) is 0 Å². The molecule has 2 N–H and O–H groups in total. The first kappa shape index (κ1) is 18.0. The van der Waals surface area contributed by atoms with Crippen molar-refractivity contribution in [3.05, 3.63) is 0 Å². The lowest BCUT2D eigenvalue weighted by molar-refractivity contribution is -0.142. The molecule has 0 saturated carbocycles. The molecule has 0 spiro atoms. The first-order valence-electron chi connectivity index (χ1n) is 8.09. The summed E-state index contributed by atoms with van der Waals surface area (Å²) in [5.74, 6) is 0.0366. The second kappa shape index (κ2) is 8.37. The van der Waals surface area contributed by atoms with Crippen LogP contribution in [0.5, 0.6) is 0 Å². The third kappa shape index (κ3) is 5.65. The predicted molar refractivity (Wildman–Crippen MR) is 82.8 cm³/mol. The Kier molecular flexibility index (Phi) is 7.15. The molecule has 5 heteroatoms. The molecule has 0 aliphatic carbocycles.